The second kappa shape index (κ2) is 5.96. The largest absolute Gasteiger partial charge is 0.244 e. The molecule has 0 bridgehead atoms. The Bertz CT molecular complexity index is 492. The highest BCUT2D eigenvalue weighted by molar-refractivity contribution is 5.46. The van der Waals surface area contributed by atoms with E-state index in [0.29, 0.717) is 0 Å². The SMILES string of the molecule is CC(C)N(N=Nc1ccccc1)c1ccccc1. The number of nitrogens with zero attached hydrogens (tertiary/aromatic N) is 3. The van der Waals surface area contributed by atoms with Crippen molar-refractivity contribution in [2.45, 2.75) is 19.9 Å². The molecule has 0 saturated heterocycles. The third-order valence-electron chi connectivity index (χ3n) is 2.52. The monoisotopic (exact) mass is 239 g/mol. The molecule has 0 aliphatic rings. The van der Waals surface area contributed by atoms with Gasteiger partial charge in [-0.25, -0.2) is 5.01 Å². The van der Waals surface area contributed by atoms with Crippen LogP contribution in [0.15, 0.2) is 71.0 Å². The highest BCUT2D eigenvalue weighted by atomic mass is 15.6. The molecule has 2 aromatic rings. The van der Waals surface area contributed by atoms with E-state index in [4.69, 9.17) is 0 Å². The van der Waals surface area contributed by atoms with Crippen LogP contribution in [0.4, 0.5) is 11.4 Å². The molecule has 0 atom stereocenters. The molecule has 92 valence electrons. The molecule has 3 nitrogen and oxygen atoms in total. The number of anilines is 1. The van der Waals surface area contributed by atoms with Crippen LogP contribution in [0.2, 0.25) is 0 Å². The molecule has 2 aromatic carbocycles. The molecule has 3 heteroatoms. The van der Waals surface area contributed by atoms with Crippen LogP contribution in [0.5, 0.6) is 0 Å². The lowest BCUT2D eigenvalue weighted by Crippen LogP contribution is -2.24. The molecule has 0 unspecified atom stereocenters. The van der Waals surface area contributed by atoms with E-state index in [1.165, 1.54) is 0 Å². The van der Waals surface area contributed by atoms with Gasteiger partial charge in [0.1, 0.15) is 0 Å². The second-order valence-corrected chi connectivity index (χ2v) is 4.30. The van der Waals surface area contributed by atoms with Crippen LogP contribution in [-0.2, 0) is 0 Å². The normalized spacial score (nSPS) is 11.1. The first-order chi connectivity index (χ1) is 8.77. The zero-order valence-corrected chi connectivity index (χ0v) is 10.7. The number of benzene rings is 2. The van der Waals surface area contributed by atoms with Crippen LogP contribution in [0, 0.1) is 0 Å². The average Bonchev–Trinajstić information content (AvgIpc) is 2.41. The molecule has 0 N–H and O–H groups in total. The molecule has 0 saturated carbocycles. The van der Waals surface area contributed by atoms with Crippen molar-refractivity contribution in [3.8, 4) is 0 Å². The van der Waals surface area contributed by atoms with Gasteiger partial charge in [-0.2, -0.15) is 0 Å². The summed E-state index contributed by atoms with van der Waals surface area (Å²) in [6.45, 7) is 4.19. The molecule has 0 aliphatic heterocycles. The number of rotatable bonds is 4. The second-order valence-electron chi connectivity index (χ2n) is 4.30. The lowest BCUT2D eigenvalue weighted by atomic mass is 10.3. The lowest BCUT2D eigenvalue weighted by molar-refractivity contribution is 0.686. The predicted molar refractivity (Wildman–Crippen MR) is 75.0 cm³/mol. The molecular formula is C15H17N3. The van der Waals surface area contributed by atoms with Gasteiger partial charge in [0, 0.05) is 6.04 Å². The first-order valence-electron chi connectivity index (χ1n) is 6.08. The molecule has 0 aromatic heterocycles. The Hall–Kier alpha value is -2.16. The van der Waals surface area contributed by atoms with E-state index in [1.807, 2.05) is 65.7 Å². The molecule has 0 heterocycles. The maximum absolute atomic E-state index is 4.32. The van der Waals surface area contributed by atoms with Gasteiger partial charge in [0.25, 0.3) is 0 Å². The Morgan fingerprint density at radius 3 is 1.94 bits per heavy atom. The van der Waals surface area contributed by atoms with Crippen molar-refractivity contribution in [2.24, 2.45) is 10.3 Å². The van der Waals surface area contributed by atoms with E-state index in [0.717, 1.165) is 11.4 Å². The van der Waals surface area contributed by atoms with Gasteiger partial charge in [-0.1, -0.05) is 41.6 Å². The minimum Gasteiger partial charge on any atom is -0.244 e. The number of hydrogen-bond acceptors (Lipinski definition) is 2. The van der Waals surface area contributed by atoms with E-state index < -0.39 is 0 Å². The third-order valence-corrected chi connectivity index (χ3v) is 2.52. The third kappa shape index (κ3) is 3.17. The van der Waals surface area contributed by atoms with Gasteiger partial charge in [0.15, 0.2) is 0 Å². The molecule has 0 spiro atoms. The maximum atomic E-state index is 4.32. The van der Waals surface area contributed by atoms with Crippen molar-refractivity contribution in [2.75, 3.05) is 5.01 Å². The van der Waals surface area contributed by atoms with Gasteiger partial charge in [0.05, 0.1) is 11.4 Å². The summed E-state index contributed by atoms with van der Waals surface area (Å²) in [4.78, 5) is 0. The molecule has 0 aliphatic carbocycles. The summed E-state index contributed by atoms with van der Waals surface area (Å²) in [5.41, 5.74) is 1.91. The van der Waals surface area contributed by atoms with Gasteiger partial charge < -0.3 is 0 Å². The van der Waals surface area contributed by atoms with Crippen LogP contribution in [-0.4, -0.2) is 6.04 Å². The van der Waals surface area contributed by atoms with Crippen molar-refractivity contribution in [3.05, 3.63) is 60.7 Å². The van der Waals surface area contributed by atoms with Gasteiger partial charge in [-0.05, 0) is 38.1 Å². The smallest absolute Gasteiger partial charge is 0.0874 e. The van der Waals surface area contributed by atoms with E-state index in [1.54, 1.807) is 0 Å². The fraction of sp³-hybridized carbons (Fsp3) is 0.200. The minimum atomic E-state index is 0.264. The van der Waals surface area contributed by atoms with E-state index >= 15 is 0 Å². The van der Waals surface area contributed by atoms with Crippen LogP contribution in [0.1, 0.15) is 13.8 Å². The fourth-order valence-corrected chi connectivity index (χ4v) is 1.63. The quantitative estimate of drug-likeness (QED) is 0.566. The van der Waals surface area contributed by atoms with Crippen LogP contribution >= 0.6 is 0 Å². The van der Waals surface area contributed by atoms with Gasteiger partial charge >= 0.3 is 0 Å². The molecular weight excluding hydrogens is 222 g/mol. The van der Waals surface area contributed by atoms with Crippen LogP contribution < -0.4 is 5.01 Å². The van der Waals surface area contributed by atoms with E-state index in [-0.39, 0.29) is 6.04 Å². The van der Waals surface area contributed by atoms with Crippen molar-refractivity contribution in [1.29, 1.82) is 0 Å². The molecule has 2 rings (SSSR count). The maximum Gasteiger partial charge on any atom is 0.0874 e. The van der Waals surface area contributed by atoms with Gasteiger partial charge in [-0.3, -0.25) is 0 Å². The highest BCUT2D eigenvalue weighted by Gasteiger charge is 2.08. The highest BCUT2D eigenvalue weighted by Crippen LogP contribution is 2.19. The molecule has 0 amide bonds. The Balaban J connectivity index is 2.20. The Morgan fingerprint density at radius 2 is 1.39 bits per heavy atom. The Labute approximate surface area is 108 Å². The van der Waals surface area contributed by atoms with Crippen LogP contribution in [0.3, 0.4) is 0 Å². The van der Waals surface area contributed by atoms with Gasteiger partial charge in [-0.15, -0.1) is 5.11 Å². The van der Waals surface area contributed by atoms with Crippen LogP contribution in [0.25, 0.3) is 0 Å². The summed E-state index contributed by atoms with van der Waals surface area (Å²) in [5, 5.41) is 10.5. The van der Waals surface area contributed by atoms with Crippen molar-refractivity contribution in [1.82, 2.24) is 0 Å². The Kier molecular flexibility index (Phi) is 4.07. The number of para-hydroxylation sites is 1. The Morgan fingerprint density at radius 1 is 0.833 bits per heavy atom. The number of hydrogen-bond donors (Lipinski definition) is 0. The predicted octanol–water partition coefficient (Wildman–Crippen LogP) is 4.60. The summed E-state index contributed by atoms with van der Waals surface area (Å²) >= 11 is 0. The average molecular weight is 239 g/mol. The molecule has 18 heavy (non-hydrogen) atoms. The summed E-state index contributed by atoms with van der Waals surface area (Å²) in [5.74, 6) is 0. The minimum absolute atomic E-state index is 0.264. The summed E-state index contributed by atoms with van der Waals surface area (Å²) in [7, 11) is 0. The zero-order valence-electron chi connectivity index (χ0n) is 10.7. The van der Waals surface area contributed by atoms with E-state index in [2.05, 4.69) is 24.2 Å². The van der Waals surface area contributed by atoms with E-state index in [9.17, 15) is 0 Å². The first-order valence-corrected chi connectivity index (χ1v) is 6.08. The zero-order chi connectivity index (χ0) is 12.8. The summed E-state index contributed by atoms with van der Waals surface area (Å²) in [6, 6.07) is 20.1. The fourth-order valence-electron chi connectivity index (χ4n) is 1.63. The van der Waals surface area contributed by atoms with Crippen molar-refractivity contribution < 1.29 is 0 Å². The standard InChI is InChI=1S/C15H17N3/c1-13(2)18(15-11-7-4-8-12-15)17-16-14-9-5-3-6-10-14/h3-13H,1-2H3. The molecule has 0 radical (unpaired) electrons. The summed E-state index contributed by atoms with van der Waals surface area (Å²) in [6.07, 6.45) is 0. The topological polar surface area (TPSA) is 28.0 Å². The first kappa shape index (κ1) is 12.3. The van der Waals surface area contributed by atoms with Crippen molar-refractivity contribution >= 4 is 11.4 Å². The van der Waals surface area contributed by atoms with Gasteiger partial charge in [0.2, 0.25) is 0 Å². The van der Waals surface area contributed by atoms with Crippen molar-refractivity contribution in [3.63, 3.8) is 0 Å². The summed E-state index contributed by atoms with van der Waals surface area (Å²) < 4.78 is 0. The lowest BCUT2D eigenvalue weighted by Gasteiger charge is -2.21. The molecule has 0 fully saturated rings.